The molecule has 1 saturated carbocycles. The van der Waals surface area contributed by atoms with Crippen molar-refractivity contribution in [2.45, 2.75) is 44.9 Å². The van der Waals surface area contributed by atoms with E-state index < -0.39 is 0 Å². The van der Waals surface area contributed by atoms with Crippen molar-refractivity contribution >= 4 is 5.91 Å². The van der Waals surface area contributed by atoms with Crippen molar-refractivity contribution in [3.05, 3.63) is 0 Å². The number of nitrogens with two attached hydrogens (primary N) is 1. The molecule has 0 aromatic heterocycles. The Labute approximate surface area is 91.5 Å². The number of amides is 1. The Morgan fingerprint density at radius 1 is 1.33 bits per heavy atom. The molecule has 4 nitrogen and oxygen atoms in total. The number of hydrogen-bond donors (Lipinski definition) is 2. The van der Waals surface area contributed by atoms with Crippen molar-refractivity contribution in [3.63, 3.8) is 0 Å². The average molecular weight is 214 g/mol. The fraction of sp³-hybridized carbons (Fsp3) is 0.909. The van der Waals surface area contributed by atoms with E-state index in [9.17, 15) is 4.79 Å². The Kier molecular flexibility index (Phi) is 6.36. The van der Waals surface area contributed by atoms with Crippen LogP contribution in [-0.2, 0) is 9.53 Å². The van der Waals surface area contributed by atoms with Gasteiger partial charge >= 0.3 is 0 Å². The predicted octanol–water partition coefficient (Wildman–Crippen LogP) is 1.35. The van der Waals surface area contributed by atoms with Crippen LogP contribution in [0.15, 0.2) is 0 Å². The number of carbonyl (C=O) groups excluding carboxylic acids is 1. The largest absolute Gasteiger partial charge is 0.381 e. The third-order valence-corrected chi connectivity index (χ3v) is 2.93. The van der Waals surface area contributed by atoms with Crippen LogP contribution in [0.5, 0.6) is 0 Å². The number of carbonyl (C=O) groups is 1. The molecule has 3 N–H and O–H groups in total. The minimum Gasteiger partial charge on any atom is -0.381 e. The van der Waals surface area contributed by atoms with E-state index in [1.54, 1.807) is 0 Å². The Morgan fingerprint density at radius 2 is 2.07 bits per heavy atom. The zero-order valence-corrected chi connectivity index (χ0v) is 9.34. The third-order valence-electron chi connectivity index (χ3n) is 2.93. The molecule has 0 atom stereocenters. The summed E-state index contributed by atoms with van der Waals surface area (Å²) in [5.74, 6) is 5.60. The lowest BCUT2D eigenvalue weighted by Gasteiger charge is -2.21. The molecule has 15 heavy (non-hydrogen) atoms. The molecular weight excluding hydrogens is 192 g/mol. The lowest BCUT2D eigenvalue weighted by Crippen LogP contribution is -2.29. The van der Waals surface area contributed by atoms with Gasteiger partial charge in [0.25, 0.3) is 0 Å². The summed E-state index contributed by atoms with van der Waals surface area (Å²) < 4.78 is 5.55. The third kappa shape index (κ3) is 5.74. The van der Waals surface area contributed by atoms with Gasteiger partial charge < -0.3 is 4.74 Å². The molecule has 0 saturated heterocycles. The highest BCUT2D eigenvalue weighted by Crippen LogP contribution is 2.23. The van der Waals surface area contributed by atoms with Crippen molar-refractivity contribution in [3.8, 4) is 0 Å². The molecule has 0 unspecified atom stereocenters. The number of rotatable bonds is 6. The van der Waals surface area contributed by atoms with E-state index in [1.165, 1.54) is 32.1 Å². The van der Waals surface area contributed by atoms with Crippen LogP contribution in [0, 0.1) is 5.92 Å². The molecule has 0 aliphatic heterocycles. The molecule has 1 fully saturated rings. The van der Waals surface area contributed by atoms with Gasteiger partial charge in [-0.1, -0.05) is 19.3 Å². The van der Waals surface area contributed by atoms with Gasteiger partial charge in [0.1, 0.15) is 0 Å². The molecule has 1 aliphatic rings. The Balaban J connectivity index is 1.89. The van der Waals surface area contributed by atoms with Gasteiger partial charge in [-0.15, -0.1) is 0 Å². The van der Waals surface area contributed by atoms with Crippen LogP contribution in [0.1, 0.15) is 44.9 Å². The Morgan fingerprint density at radius 3 is 2.73 bits per heavy atom. The molecule has 0 aromatic carbocycles. The molecule has 0 heterocycles. The van der Waals surface area contributed by atoms with Crippen LogP contribution in [0.4, 0.5) is 0 Å². The van der Waals surface area contributed by atoms with Crippen LogP contribution < -0.4 is 11.3 Å². The molecule has 0 bridgehead atoms. The predicted molar refractivity (Wildman–Crippen MR) is 59.0 cm³/mol. The first kappa shape index (κ1) is 12.5. The van der Waals surface area contributed by atoms with Crippen molar-refractivity contribution in [2.75, 3.05) is 13.2 Å². The highest BCUT2D eigenvalue weighted by molar-refractivity contribution is 5.75. The number of ether oxygens (including phenoxy) is 1. The van der Waals surface area contributed by atoms with E-state index in [1.807, 2.05) is 0 Å². The second kappa shape index (κ2) is 7.65. The summed E-state index contributed by atoms with van der Waals surface area (Å²) in [6.07, 6.45) is 7.92. The highest BCUT2D eigenvalue weighted by Gasteiger charge is 2.12. The first-order chi connectivity index (χ1) is 7.33. The molecular formula is C11H22N2O2. The molecule has 0 radical (unpaired) electrons. The van der Waals surface area contributed by atoms with Gasteiger partial charge in [0, 0.05) is 19.6 Å². The Bertz CT molecular complexity index is 179. The maximum absolute atomic E-state index is 10.8. The first-order valence-electron chi connectivity index (χ1n) is 5.90. The Hall–Kier alpha value is -0.610. The van der Waals surface area contributed by atoms with Gasteiger partial charge in [0.2, 0.25) is 5.91 Å². The monoisotopic (exact) mass is 214 g/mol. The number of hydrogen-bond acceptors (Lipinski definition) is 3. The first-order valence-corrected chi connectivity index (χ1v) is 5.90. The van der Waals surface area contributed by atoms with E-state index in [0.29, 0.717) is 13.0 Å². The van der Waals surface area contributed by atoms with E-state index in [2.05, 4.69) is 5.43 Å². The van der Waals surface area contributed by atoms with Gasteiger partial charge in [-0.25, -0.2) is 5.84 Å². The van der Waals surface area contributed by atoms with Crippen LogP contribution >= 0.6 is 0 Å². The van der Waals surface area contributed by atoms with Crippen molar-refractivity contribution in [1.29, 1.82) is 0 Å². The maximum Gasteiger partial charge on any atom is 0.233 e. The van der Waals surface area contributed by atoms with Crippen molar-refractivity contribution in [2.24, 2.45) is 11.8 Å². The minimum atomic E-state index is -0.115. The van der Waals surface area contributed by atoms with Gasteiger partial charge in [-0.2, -0.15) is 0 Å². The van der Waals surface area contributed by atoms with Crippen LogP contribution in [0.2, 0.25) is 0 Å². The lowest BCUT2D eigenvalue weighted by atomic mass is 9.90. The summed E-state index contributed by atoms with van der Waals surface area (Å²) in [5, 5.41) is 0. The number of hydrazine groups is 1. The average Bonchev–Trinajstić information content (AvgIpc) is 2.29. The topological polar surface area (TPSA) is 64.3 Å². The standard InChI is InChI=1S/C11H22N2O2/c12-13-11(14)7-4-8-15-9-10-5-2-1-3-6-10/h10H,1-9,12H2,(H,13,14). The highest BCUT2D eigenvalue weighted by atomic mass is 16.5. The van der Waals surface area contributed by atoms with E-state index in [4.69, 9.17) is 10.6 Å². The summed E-state index contributed by atoms with van der Waals surface area (Å²) in [6, 6.07) is 0. The van der Waals surface area contributed by atoms with Crippen LogP contribution in [0.3, 0.4) is 0 Å². The SMILES string of the molecule is NNC(=O)CCCOCC1CCCCC1. The quantitative estimate of drug-likeness (QED) is 0.303. The van der Waals surface area contributed by atoms with Gasteiger partial charge in [-0.3, -0.25) is 10.2 Å². The summed E-state index contributed by atoms with van der Waals surface area (Å²) >= 11 is 0. The summed E-state index contributed by atoms with van der Waals surface area (Å²) in [5.41, 5.74) is 2.11. The molecule has 88 valence electrons. The number of nitrogens with one attached hydrogen (secondary N) is 1. The molecule has 1 rings (SSSR count). The second-order valence-electron chi connectivity index (χ2n) is 4.25. The van der Waals surface area contributed by atoms with E-state index in [0.717, 1.165) is 18.9 Å². The maximum atomic E-state index is 10.8. The second-order valence-corrected chi connectivity index (χ2v) is 4.25. The van der Waals surface area contributed by atoms with E-state index in [-0.39, 0.29) is 5.91 Å². The summed E-state index contributed by atoms with van der Waals surface area (Å²) in [6.45, 7) is 1.54. The normalized spacial score (nSPS) is 17.7. The van der Waals surface area contributed by atoms with Crippen molar-refractivity contribution in [1.82, 2.24) is 5.43 Å². The molecule has 1 amide bonds. The molecule has 4 heteroatoms. The molecule has 0 spiro atoms. The zero-order chi connectivity index (χ0) is 10.9. The lowest BCUT2D eigenvalue weighted by molar-refractivity contribution is -0.121. The fourth-order valence-corrected chi connectivity index (χ4v) is 2.01. The van der Waals surface area contributed by atoms with Gasteiger partial charge in [0.05, 0.1) is 0 Å². The van der Waals surface area contributed by atoms with E-state index >= 15 is 0 Å². The van der Waals surface area contributed by atoms with Crippen LogP contribution in [0.25, 0.3) is 0 Å². The summed E-state index contributed by atoms with van der Waals surface area (Å²) in [4.78, 5) is 10.8. The molecule has 1 aliphatic carbocycles. The molecule has 0 aromatic rings. The minimum absolute atomic E-state index is 0.115. The van der Waals surface area contributed by atoms with Gasteiger partial charge in [0.15, 0.2) is 0 Å². The fourth-order valence-electron chi connectivity index (χ4n) is 2.01. The summed E-state index contributed by atoms with van der Waals surface area (Å²) in [7, 11) is 0. The van der Waals surface area contributed by atoms with Gasteiger partial charge in [-0.05, 0) is 25.2 Å². The van der Waals surface area contributed by atoms with Crippen LogP contribution in [-0.4, -0.2) is 19.1 Å². The van der Waals surface area contributed by atoms with Crippen molar-refractivity contribution < 1.29 is 9.53 Å². The smallest absolute Gasteiger partial charge is 0.233 e. The zero-order valence-electron chi connectivity index (χ0n) is 9.34.